The SMILES string of the molecule is CCCCCCCCC(CCCCCCCCCC(C)(C)C)(CCCNCCN)C(OCC)(OCC)OCC. The smallest absolute Gasteiger partial charge is 0.288 e. The zero-order valence-corrected chi connectivity index (χ0v) is 27.8. The lowest BCUT2D eigenvalue weighted by molar-refractivity contribution is -0.432. The van der Waals surface area contributed by atoms with Crippen LogP contribution in [0.1, 0.15) is 164 Å². The summed E-state index contributed by atoms with van der Waals surface area (Å²) in [6.45, 7) is 19.9. The monoisotopic (exact) mass is 557 g/mol. The van der Waals surface area contributed by atoms with Crippen LogP contribution in [0.15, 0.2) is 0 Å². The van der Waals surface area contributed by atoms with Crippen molar-refractivity contribution in [1.29, 1.82) is 0 Å². The number of ether oxygens (including phenoxy) is 3. The maximum Gasteiger partial charge on any atom is 0.288 e. The first-order chi connectivity index (χ1) is 18.8. The van der Waals surface area contributed by atoms with Gasteiger partial charge in [0.1, 0.15) is 0 Å². The molecule has 0 saturated carbocycles. The second kappa shape index (κ2) is 24.4. The van der Waals surface area contributed by atoms with Crippen molar-refractivity contribution in [2.24, 2.45) is 16.6 Å². The van der Waals surface area contributed by atoms with Crippen LogP contribution in [-0.2, 0) is 14.2 Å². The summed E-state index contributed by atoms with van der Waals surface area (Å²) >= 11 is 0. The molecule has 5 heteroatoms. The van der Waals surface area contributed by atoms with E-state index in [9.17, 15) is 0 Å². The largest absolute Gasteiger partial charge is 0.329 e. The molecule has 1 atom stereocenters. The van der Waals surface area contributed by atoms with Crippen molar-refractivity contribution in [3.05, 3.63) is 0 Å². The summed E-state index contributed by atoms with van der Waals surface area (Å²) in [6.07, 6.45) is 22.7. The molecule has 0 radical (unpaired) electrons. The molecule has 0 aromatic rings. The third-order valence-corrected chi connectivity index (χ3v) is 8.07. The molecule has 1 unspecified atom stereocenters. The van der Waals surface area contributed by atoms with Crippen molar-refractivity contribution in [3.8, 4) is 0 Å². The number of rotatable bonds is 29. The van der Waals surface area contributed by atoms with Crippen LogP contribution in [0.4, 0.5) is 0 Å². The van der Waals surface area contributed by atoms with Crippen LogP contribution < -0.4 is 11.1 Å². The molecule has 0 aromatic heterocycles. The third kappa shape index (κ3) is 18.1. The molecular weight excluding hydrogens is 484 g/mol. The zero-order valence-electron chi connectivity index (χ0n) is 27.8. The van der Waals surface area contributed by atoms with E-state index in [4.69, 9.17) is 19.9 Å². The van der Waals surface area contributed by atoms with Crippen molar-refractivity contribution in [2.45, 2.75) is 170 Å². The minimum absolute atomic E-state index is 0.142. The number of hydrogen-bond donors (Lipinski definition) is 2. The summed E-state index contributed by atoms with van der Waals surface area (Å²) < 4.78 is 19.5. The standard InChI is InChI=1S/C34H72N2O3/c1-8-12-13-14-19-22-26-33(28-24-30-36-31-29-35,34(37-9-2,38-10-3)39-11-4)27-23-20-17-15-16-18-21-25-32(5,6)7/h36H,8-31,35H2,1-7H3. The highest BCUT2D eigenvalue weighted by molar-refractivity contribution is 4.90. The van der Waals surface area contributed by atoms with E-state index < -0.39 is 5.97 Å². The van der Waals surface area contributed by atoms with Gasteiger partial charge in [-0.05, 0) is 64.8 Å². The van der Waals surface area contributed by atoms with Gasteiger partial charge in [-0.3, -0.25) is 0 Å². The van der Waals surface area contributed by atoms with Crippen LogP contribution in [0.5, 0.6) is 0 Å². The van der Waals surface area contributed by atoms with E-state index in [2.05, 4.69) is 53.8 Å². The molecule has 236 valence electrons. The first kappa shape index (κ1) is 38.8. The molecule has 0 rings (SSSR count). The van der Waals surface area contributed by atoms with E-state index >= 15 is 0 Å². The Hall–Kier alpha value is -0.200. The Bertz CT molecular complexity index is 506. The van der Waals surface area contributed by atoms with E-state index in [1.54, 1.807) is 0 Å². The van der Waals surface area contributed by atoms with Gasteiger partial charge in [-0.15, -0.1) is 0 Å². The predicted octanol–water partition coefficient (Wildman–Crippen LogP) is 9.37. The molecule has 0 aromatic carbocycles. The normalized spacial score (nSPS) is 14.2. The average Bonchev–Trinajstić information content (AvgIpc) is 2.88. The minimum atomic E-state index is -0.963. The second-order valence-electron chi connectivity index (χ2n) is 12.8. The second-order valence-corrected chi connectivity index (χ2v) is 12.8. The Kier molecular flexibility index (Phi) is 24.3. The number of unbranched alkanes of at least 4 members (excludes halogenated alkanes) is 11. The fourth-order valence-electron chi connectivity index (χ4n) is 6.01. The highest BCUT2D eigenvalue weighted by Crippen LogP contribution is 2.49. The molecule has 0 bridgehead atoms. The van der Waals surface area contributed by atoms with E-state index in [0.29, 0.717) is 31.8 Å². The Morgan fingerprint density at radius 1 is 0.513 bits per heavy atom. The van der Waals surface area contributed by atoms with Gasteiger partial charge in [0.05, 0.1) is 5.41 Å². The summed E-state index contributed by atoms with van der Waals surface area (Å²) in [7, 11) is 0. The summed E-state index contributed by atoms with van der Waals surface area (Å²) in [6, 6.07) is 0. The number of nitrogens with two attached hydrogens (primary N) is 1. The number of hydrogen-bond acceptors (Lipinski definition) is 5. The molecular formula is C34H72N2O3. The van der Waals surface area contributed by atoms with Gasteiger partial charge in [0.15, 0.2) is 0 Å². The lowest BCUT2D eigenvalue weighted by atomic mass is 9.71. The van der Waals surface area contributed by atoms with Gasteiger partial charge in [-0.2, -0.15) is 0 Å². The van der Waals surface area contributed by atoms with Crippen molar-refractivity contribution >= 4 is 0 Å². The van der Waals surface area contributed by atoms with Gasteiger partial charge in [0.25, 0.3) is 5.97 Å². The fraction of sp³-hybridized carbons (Fsp3) is 1.00. The highest BCUT2D eigenvalue weighted by atomic mass is 16.9. The van der Waals surface area contributed by atoms with Crippen molar-refractivity contribution < 1.29 is 14.2 Å². The molecule has 3 N–H and O–H groups in total. The summed E-state index contributed by atoms with van der Waals surface area (Å²) in [4.78, 5) is 0. The lowest BCUT2D eigenvalue weighted by Crippen LogP contribution is -2.55. The van der Waals surface area contributed by atoms with Crippen LogP contribution >= 0.6 is 0 Å². The highest BCUT2D eigenvalue weighted by Gasteiger charge is 2.53. The maximum absolute atomic E-state index is 6.51. The van der Waals surface area contributed by atoms with Crippen LogP contribution in [0.2, 0.25) is 0 Å². The number of nitrogens with one attached hydrogen (secondary N) is 1. The van der Waals surface area contributed by atoms with Crippen molar-refractivity contribution in [1.82, 2.24) is 5.32 Å². The zero-order chi connectivity index (χ0) is 29.3. The maximum atomic E-state index is 6.51. The van der Waals surface area contributed by atoms with Gasteiger partial charge in [-0.25, -0.2) is 0 Å². The van der Waals surface area contributed by atoms with Crippen LogP contribution in [0, 0.1) is 10.8 Å². The Morgan fingerprint density at radius 3 is 1.33 bits per heavy atom. The molecule has 0 heterocycles. The molecule has 0 aliphatic rings. The van der Waals surface area contributed by atoms with E-state index in [1.807, 2.05) is 0 Å². The Morgan fingerprint density at radius 2 is 0.923 bits per heavy atom. The van der Waals surface area contributed by atoms with Gasteiger partial charge in [0.2, 0.25) is 0 Å². The van der Waals surface area contributed by atoms with Gasteiger partial charge < -0.3 is 25.3 Å². The Labute approximate surface area is 245 Å². The Balaban J connectivity index is 5.44. The molecule has 0 fully saturated rings. The molecule has 0 aliphatic heterocycles. The van der Waals surface area contributed by atoms with E-state index in [1.165, 1.54) is 89.9 Å². The van der Waals surface area contributed by atoms with Gasteiger partial charge in [-0.1, -0.05) is 111 Å². The average molecular weight is 557 g/mol. The summed E-state index contributed by atoms with van der Waals surface area (Å²) in [5, 5.41) is 3.51. The molecule has 0 aliphatic carbocycles. The fourth-order valence-corrected chi connectivity index (χ4v) is 6.01. The van der Waals surface area contributed by atoms with Crippen LogP contribution in [0.3, 0.4) is 0 Å². The van der Waals surface area contributed by atoms with Gasteiger partial charge in [0, 0.05) is 32.9 Å². The molecule has 5 nitrogen and oxygen atoms in total. The van der Waals surface area contributed by atoms with Crippen molar-refractivity contribution in [3.63, 3.8) is 0 Å². The van der Waals surface area contributed by atoms with E-state index in [0.717, 1.165) is 38.8 Å². The minimum Gasteiger partial charge on any atom is -0.329 e. The lowest BCUT2D eigenvalue weighted by Gasteiger charge is -2.49. The predicted molar refractivity (Wildman–Crippen MR) is 170 cm³/mol. The third-order valence-electron chi connectivity index (χ3n) is 8.07. The first-order valence-electron chi connectivity index (χ1n) is 17.1. The topological polar surface area (TPSA) is 65.7 Å². The molecule has 0 spiro atoms. The van der Waals surface area contributed by atoms with Crippen molar-refractivity contribution in [2.75, 3.05) is 39.5 Å². The van der Waals surface area contributed by atoms with Crippen LogP contribution in [-0.4, -0.2) is 45.4 Å². The van der Waals surface area contributed by atoms with Crippen LogP contribution in [0.25, 0.3) is 0 Å². The quantitative estimate of drug-likeness (QED) is 0.0709. The molecule has 0 amide bonds. The summed E-state index contributed by atoms with van der Waals surface area (Å²) in [5.41, 5.74) is 6.05. The molecule has 39 heavy (non-hydrogen) atoms. The summed E-state index contributed by atoms with van der Waals surface area (Å²) in [5.74, 6) is -0.963. The van der Waals surface area contributed by atoms with Gasteiger partial charge >= 0.3 is 0 Å². The first-order valence-corrected chi connectivity index (χ1v) is 17.1. The van der Waals surface area contributed by atoms with E-state index in [-0.39, 0.29) is 5.41 Å². The molecule has 0 saturated heterocycles.